The van der Waals surface area contributed by atoms with E-state index in [0.717, 1.165) is 16.6 Å². The molecule has 0 atom stereocenters. The number of nitrogens with zero attached hydrogens (tertiary/aromatic N) is 3. The van der Waals surface area contributed by atoms with E-state index in [-0.39, 0.29) is 4.90 Å². The number of rotatable bonds is 3. The van der Waals surface area contributed by atoms with E-state index in [1.54, 1.807) is 25.1 Å². The van der Waals surface area contributed by atoms with E-state index in [2.05, 4.69) is 4.98 Å². The van der Waals surface area contributed by atoms with Crippen molar-refractivity contribution in [2.75, 3.05) is 38.0 Å². The molecule has 0 amide bonds. The Morgan fingerprint density at radius 3 is 2.08 bits per heavy atom. The van der Waals surface area contributed by atoms with Gasteiger partial charge in [-0.3, -0.25) is 4.55 Å². The lowest BCUT2D eigenvalue weighted by atomic mass is 10.1. The average Bonchev–Trinajstić information content (AvgIpc) is 2.50. The number of aromatic nitrogens is 1. The minimum absolute atomic E-state index is 0.130. The van der Waals surface area contributed by atoms with Crippen LogP contribution in [0.2, 0.25) is 0 Å². The number of hydrogen-bond donors (Lipinski definition) is 1. The molecule has 126 valence electrons. The summed E-state index contributed by atoms with van der Waals surface area (Å²) in [5.74, 6) is 0. The molecule has 0 saturated carbocycles. The summed E-state index contributed by atoms with van der Waals surface area (Å²) in [7, 11) is 3.16. The molecular weight excluding hydrogens is 326 g/mol. The fourth-order valence-electron chi connectivity index (χ4n) is 2.62. The van der Waals surface area contributed by atoms with Crippen LogP contribution in [0.15, 0.2) is 41.3 Å². The molecule has 0 aliphatic carbocycles. The molecule has 0 saturated heterocycles. The van der Waals surface area contributed by atoms with E-state index in [1.807, 2.05) is 43.3 Å². The predicted octanol–water partition coefficient (Wildman–Crippen LogP) is 2.77. The molecular formula is C17H19N3O3S. The van der Waals surface area contributed by atoms with Gasteiger partial charge in [0.05, 0.1) is 11.0 Å². The van der Waals surface area contributed by atoms with Gasteiger partial charge in [-0.1, -0.05) is 6.07 Å². The van der Waals surface area contributed by atoms with Gasteiger partial charge in [-0.05, 0) is 30.3 Å². The number of hydrogen-bond acceptors (Lipinski definition) is 5. The Balaban J connectivity index is 2.41. The second-order valence-corrected chi connectivity index (χ2v) is 7.53. The van der Waals surface area contributed by atoms with Crippen molar-refractivity contribution in [3.05, 3.63) is 36.4 Å². The summed E-state index contributed by atoms with van der Waals surface area (Å²) in [6.07, 6.45) is 0. The maximum atomic E-state index is 11.8. The van der Waals surface area contributed by atoms with E-state index < -0.39 is 10.1 Å². The lowest BCUT2D eigenvalue weighted by molar-refractivity contribution is 0.484. The van der Waals surface area contributed by atoms with Gasteiger partial charge in [0.1, 0.15) is 4.90 Å². The molecule has 0 spiro atoms. The van der Waals surface area contributed by atoms with Gasteiger partial charge in [-0.25, -0.2) is 4.98 Å². The minimum Gasteiger partial charge on any atom is -0.378 e. The Hall–Kier alpha value is -2.38. The molecule has 2 aromatic carbocycles. The molecule has 0 aliphatic heterocycles. The maximum absolute atomic E-state index is 11.8. The monoisotopic (exact) mass is 345 g/mol. The minimum atomic E-state index is -4.35. The Labute approximate surface area is 141 Å². The van der Waals surface area contributed by atoms with Gasteiger partial charge in [-0.2, -0.15) is 8.42 Å². The second-order valence-electron chi connectivity index (χ2n) is 6.14. The second kappa shape index (κ2) is 5.61. The Kier molecular flexibility index (Phi) is 3.85. The van der Waals surface area contributed by atoms with E-state index in [1.165, 1.54) is 6.07 Å². The summed E-state index contributed by atoms with van der Waals surface area (Å²) in [5, 5.41) is 1.23. The molecule has 1 aromatic heterocycles. The van der Waals surface area contributed by atoms with Crippen LogP contribution in [0, 0.1) is 0 Å². The highest BCUT2D eigenvalue weighted by Crippen LogP contribution is 2.31. The molecule has 0 radical (unpaired) electrons. The van der Waals surface area contributed by atoms with Crippen molar-refractivity contribution in [3.8, 4) is 0 Å². The molecule has 3 aromatic rings. The summed E-state index contributed by atoms with van der Waals surface area (Å²) < 4.78 is 33.2. The number of anilines is 2. The topological polar surface area (TPSA) is 73.7 Å². The third kappa shape index (κ3) is 2.88. The van der Waals surface area contributed by atoms with E-state index in [4.69, 9.17) is 0 Å². The van der Waals surface area contributed by atoms with Crippen molar-refractivity contribution in [3.63, 3.8) is 0 Å². The first-order valence-electron chi connectivity index (χ1n) is 7.37. The smallest absolute Gasteiger partial charge is 0.295 e. The Morgan fingerprint density at radius 1 is 0.875 bits per heavy atom. The lowest BCUT2D eigenvalue weighted by Gasteiger charge is -2.16. The summed E-state index contributed by atoms with van der Waals surface area (Å²) in [4.78, 5) is 8.23. The summed E-state index contributed by atoms with van der Waals surface area (Å²) in [6.45, 7) is 0. The lowest BCUT2D eigenvalue weighted by Crippen LogP contribution is -2.10. The molecule has 0 aliphatic rings. The molecule has 0 bridgehead atoms. The molecule has 0 fully saturated rings. The van der Waals surface area contributed by atoms with Gasteiger partial charge < -0.3 is 9.80 Å². The van der Waals surface area contributed by atoms with Gasteiger partial charge in [0.15, 0.2) is 0 Å². The summed E-state index contributed by atoms with van der Waals surface area (Å²) in [5.41, 5.74) is 2.96. The molecule has 1 N–H and O–H groups in total. The molecule has 24 heavy (non-hydrogen) atoms. The first-order chi connectivity index (χ1) is 11.2. The SMILES string of the molecule is CN(C)c1ccc2cc3c(S(=O)(=O)O)cc(N(C)C)cc3nc2c1. The van der Waals surface area contributed by atoms with Crippen LogP contribution >= 0.6 is 0 Å². The van der Waals surface area contributed by atoms with E-state index >= 15 is 0 Å². The van der Waals surface area contributed by atoms with Crippen molar-refractivity contribution in [1.82, 2.24) is 4.98 Å². The van der Waals surface area contributed by atoms with Gasteiger partial charge >= 0.3 is 0 Å². The first-order valence-corrected chi connectivity index (χ1v) is 8.81. The fraction of sp³-hybridized carbons (Fsp3) is 0.235. The van der Waals surface area contributed by atoms with Crippen LogP contribution in [0.25, 0.3) is 21.8 Å². The largest absolute Gasteiger partial charge is 0.378 e. The van der Waals surface area contributed by atoms with Crippen LogP contribution in [0.3, 0.4) is 0 Å². The van der Waals surface area contributed by atoms with Gasteiger partial charge in [0.25, 0.3) is 10.1 Å². The zero-order valence-electron chi connectivity index (χ0n) is 14.0. The third-order valence-electron chi connectivity index (χ3n) is 3.97. The third-order valence-corrected chi connectivity index (χ3v) is 4.86. The Bertz CT molecular complexity index is 1040. The number of fused-ring (bicyclic) bond motifs is 2. The van der Waals surface area contributed by atoms with Crippen molar-refractivity contribution in [2.45, 2.75) is 4.90 Å². The quantitative estimate of drug-likeness (QED) is 0.581. The van der Waals surface area contributed by atoms with Crippen LogP contribution in [0.5, 0.6) is 0 Å². The molecule has 6 nitrogen and oxygen atoms in total. The maximum Gasteiger partial charge on any atom is 0.295 e. The highest BCUT2D eigenvalue weighted by atomic mass is 32.2. The van der Waals surface area contributed by atoms with Crippen molar-refractivity contribution < 1.29 is 13.0 Å². The predicted molar refractivity (Wildman–Crippen MR) is 97.7 cm³/mol. The highest BCUT2D eigenvalue weighted by molar-refractivity contribution is 7.86. The van der Waals surface area contributed by atoms with Crippen molar-refractivity contribution in [1.29, 1.82) is 0 Å². The van der Waals surface area contributed by atoms with E-state index in [9.17, 15) is 13.0 Å². The van der Waals surface area contributed by atoms with Crippen LogP contribution in [0.1, 0.15) is 0 Å². The highest BCUT2D eigenvalue weighted by Gasteiger charge is 2.18. The van der Waals surface area contributed by atoms with Crippen molar-refractivity contribution >= 4 is 43.3 Å². The summed E-state index contributed by atoms with van der Waals surface area (Å²) >= 11 is 0. The number of pyridine rings is 1. The van der Waals surface area contributed by atoms with Crippen molar-refractivity contribution in [2.24, 2.45) is 0 Å². The van der Waals surface area contributed by atoms with Crippen LogP contribution < -0.4 is 9.80 Å². The van der Waals surface area contributed by atoms with Gasteiger partial charge in [0, 0.05) is 50.3 Å². The Morgan fingerprint density at radius 2 is 1.50 bits per heavy atom. The fourth-order valence-corrected chi connectivity index (χ4v) is 3.33. The van der Waals surface area contributed by atoms with Crippen LogP contribution in [-0.2, 0) is 10.1 Å². The van der Waals surface area contributed by atoms with E-state index in [0.29, 0.717) is 16.6 Å². The average molecular weight is 345 g/mol. The zero-order chi connectivity index (χ0) is 17.6. The number of benzene rings is 2. The van der Waals surface area contributed by atoms with Gasteiger partial charge in [-0.15, -0.1) is 0 Å². The normalized spacial score (nSPS) is 11.9. The van der Waals surface area contributed by atoms with Crippen LogP contribution in [-0.4, -0.2) is 46.1 Å². The zero-order valence-corrected chi connectivity index (χ0v) is 14.8. The first kappa shape index (κ1) is 16.5. The van der Waals surface area contributed by atoms with Crippen LogP contribution in [0.4, 0.5) is 11.4 Å². The molecule has 1 heterocycles. The standard InChI is InChI=1S/C17H19N3O3S/c1-19(2)12-6-5-11-7-14-16(18-15(11)8-12)9-13(20(3)4)10-17(14)24(21,22)23/h5-10H,1-4H3,(H,21,22,23). The molecule has 3 rings (SSSR count). The van der Waals surface area contributed by atoms with Gasteiger partial charge in [0.2, 0.25) is 0 Å². The molecule has 0 unspecified atom stereocenters. The molecule has 7 heteroatoms. The summed E-state index contributed by atoms with van der Waals surface area (Å²) in [6, 6.07) is 10.8.